The highest BCUT2D eigenvalue weighted by atomic mass is 19.1. The Labute approximate surface area is 171 Å². The van der Waals surface area contributed by atoms with Crippen LogP contribution in [0.4, 0.5) is 10.1 Å². The summed E-state index contributed by atoms with van der Waals surface area (Å²) in [6.07, 6.45) is 1.90. The van der Waals surface area contributed by atoms with E-state index in [4.69, 9.17) is 9.47 Å². The number of aryl methyl sites for hydroxylation is 1. The Balaban J connectivity index is 1.52. The number of carbonyl (C=O) groups is 1. The molecule has 1 unspecified atom stereocenters. The Kier molecular flexibility index (Phi) is 5.56. The highest BCUT2D eigenvalue weighted by molar-refractivity contribution is 5.95. The second-order valence-corrected chi connectivity index (χ2v) is 8.01. The standard InChI is InChI=1S/C23H27FN2O3/c1-17-5-3-6-18(22(17)28-2)13-25-12-4-11-23(15-25)16-26(21(27)14-29-23)20-9-7-19(24)8-10-20/h3,5-10H,4,11-16H2,1-2H3. The number of anilines is 1. The summed E-state index contributed by atoms with van der Waals surface area (Å²) in [7, 11) is 1.71. The van der Waals surface area contributed by atoms with Gasteiger partial charge in [0.15, 0.2) is 0 Å². The molecule has 1 atom stereocenters. The molecule has 4 rings (SSSR count). The Hall–Kier alpha value is -2.44. The third-order valence-electron chi connectivity index (χ3n) is 5.90. The van der Waals surface area contributed by atoms with Crippen LogP contribution in [0.15, 0.2) is 42.5 Å². The highest BCUT2D eigenvalue weighted by Crippen LogP contribution is 2.33. The molecule has 1 amide bonds. The van der Waals surface area contributed by atoms with Gasteiger partial charge < -0.3 is 14.4 Å². The van der Waals surface area contributed by atoms with Crippen LogP contribution < -0.4 is 9.64 Å². The number of amides is 1. The van der Waals surface area contributed by atoms with Crippen LogP contribution in [0.1, 0.15) is 24.0 Å². The molecule has 0 aliphatic carbocycles. The van der Waals surface area contributed by atoms with Gasteiger partial charge >= 0.3 is 0 Å². The number of rotatable bonds is 4. The summed E-state index contributed by atoms with van der Waals surface area (Å²) in [5.74, 6) is 0.541. The number of morpholine rings is 1. The summed E-state index contributed by atoms with van der Waals surface area (Å²) < 4.78 is 25.0. The molecule has 5 nitrogen and oxygen atoms in total. The number of nitrogens with zero attached hydrogens (tertiary/aromatic N) is 2. The van der Waals surface area contributed by atoms with Crippen molar-refractivity contribution >= 4 is 11.6 Å². The van der Waals surface area contributed by atoms with Crippen LogP contribution in [0.25, 0.3) is 0 Å². The van der Waals surface area contributed by atoms with Gasteiger partial charge in [-0.15, -0.1) is 0 Å². The van der Waals surface area contributed by atoms with Crippen molar-refractivity contribution in [1.82, 2.24) is 4.90 Å². The van der Waals surface area contributed by atoms with E-state index < -0.39 is 5.60 Å². The number of carbonyl (C=O) groups excluding carboxylic acids is 1. The fourth-order valence-corrected chi connectivity index (χ4v) is 4.51. The summed E-state index contributed by atoms with van der Waals surface area (Å²) in [4.78, 5) is 16.6. The smallest absolute Gasteiger partial charge is 0.253 e. The van der Waals surface area contributed by atoms with E-state index in [0.29, 0.717) is 6.54 Å². The van der Waals surface area contributed by atoms with E-state index in [1.165, 1.54) is 12.1 Å². The first-order chi connectivity index (χ1) is 14.0. The number of benzene rings is 2. The number of hydrogen-bond donors (Lipinski definition) is 0. The van der Waals surface area contributed by atoms with E-state index in [-0.39, 0.29) is 18.3 Å². The van der Waals surface area contributed by atoms with Gasteiger partial charge in [0.2, 0.25) is 0 Å². The lowest BCUT2D eigenvalue weighted by atomic mass is 9.90. The van der Waals surface area contributed by atoms with Gasteiger partial charge in [0, 0.05) is 24.3 Å². The van der Waals surface area contributed by atoms with Crippen molar-refractivity contribution in [3.63, 3.8) is 0 Å². The summed E-state index contributed by atoms with van der Waals surface area (Å²) in [5.41, 5.74) is 2.60. The van der Waals surface area contributed by atoms with Crippen molar-refractivity contribution in [1.29, 1.82) is 0 Å². The SMILES string of the molecule is COc1c(C)cccc1CN1CCCC2(C1)CN(c1ccc(F)cc1)C(=O)CO2. The maximum absolute atomic E-state index is 13.3. The van der Waals surface area contributed by atoms with Crippen molar-refractivity contribution in [3.8, 4) is 5.75 Å². The number of methoxy groups -OCH3 is 1. The van der Waals surface area contributed by atoms with Gasteiger partial charge in [-0.05, 0) is 56.1 Å². The second-order valence-electron chi connectivity index (χ2n) is 8.01. The molecule has 2 aliphatic heterocycles. The molecule has 2 fully saturated rings. The summed E-state index contributed by atoms with van der Waals surface area (Å²) in [6, 6.07) is 12.3. The van der Waals surface area contributed by atoms with Gasteiger partial charge in [-0.3, -0.25) is 9.69 Å². The molecule has 29 heavy (non-hydrogen) atoms. The van der Waals surface area contributed by atoms with Crippen molar-refractivity contribution < 1.29 is 18.7 Å². The minimum Gasteiger partial charge on any atom is -0.496 e. The molecule has 2 aromatic carbocycles. The lowest BCUT2D eigenvalue weighted by Crippen LogP contribution is -2.61. The lowest BCUT2D eigenvalue weighted by Gasteiger charge is -2.47. The minimum atomic E-state index is -0.405. The zero-order valence-corrected chi connectivity index (χ0v) is 17.0. The Bertz CT molecular complexity index is 886. The summed E-state index contributed by atoms with van der Waals surface area (Å²) in [6.45, 7) is 5.09. The fraction of sp³-hybridized carbons (Fsp3) is 0.435. The van der Waals surface area contributed by atoms with Gasteiger partial charge in [-0.1, -0.05) is 18.2 Å². The van der Waals surface area contributed by atoms with E-state index in [1.807, 2.05) is 0 Å². The minimum absolute atomic E-state index is 0.0545. The third-order valence-corrected chi connectivity index (χ3v) is 5.90. The summed E-state index contributed by atoms with van der Waals surface area (Å²) >= 11 is 0. The van der Waals surface area contributed by atoms with Crippen LogP contribution in [0.2, 0.25) is 0 Å². The van der Waals surface area contributed by atoms with Gasteiger partial charge in [0.25, 0.3) is 5.91 Å². The summed E-state index contributed by atoms with van der Waals surface area (Å²) in [5, 5.41) is 0. The zero-order chi connectivity index (χ0) is 20.4. The maximum Gasteiger partial charge on any atom is 0.253 e. The molecule has 0 N–H and O–H groups in total. The monoisotopic (exact) mass is 398 g/mol. The van der Waals surface area contributed by atoms with Crippen molar-refractivity contribution in [2.75, 3.05) is 38.3 Å². The molecule has 2 saturated heterocycles. The molecule has 2 aromatic rings. The number of ether oxygens (including phenoxy) is 2. The number of piperidine rings is 1. The van der Waals surface area contributed by atoms with Crippen LogP contribution in [0, 0.1) is 12.7 Å². The van der Waals surface area contributed by atoms with Crippen LogP contribution in [0.3, 0.4) is 0 Å². The molecule has 0 bridgehead atoms. The number of halogens is 1. The van der Waals surface area contributed by atoms with Crippen LogP contribution in [-0.4, -0.2) is 49.8 Å². The van der Waals surface area contributed by atoms with E-state index in [9.17, 15) is 9.18 Å². The Morgan fingerprint density at radius 3 is 2.72 bits per heavy atom. The van der Waals surface area contributed by atoms with E-state index in [1.54, 1.807) is 24.1 Å². The van der Waals surface area contributed by atoms with Crippen molar-refractivity contribution in [2.45, 2.75) is 31.9 Å². The van der Waals surface area contributed by atoms with Crippen molar-refractivity contribution in [2.24, 2.45) is 0 Å². The number of hydrogen-bond acceptors (Lipinski definition) is 4. The average Bonchev–Trinajstić information content (AvgIpc) is 2.71. The predicted molar refractivity (Wildman–Crippen MR) is 110 cm³/mol. The van der Waals surface area contributed by atoms with Crippen LogP contribution >= 0.6 is 0 Å². The molecule has 2 heterocycles. The molecule has 0 aromatic heterocycles. The first-order valence-corrected chi connectivity index (χ1v) is 10.0. The lowest BCUT2D eigenvalue weighted by molar-refractivity contribution is -0.146. The molecule has 2 aliphatic rings. The predicted octanol–water partition coefficient (Wildman–Crippen LogP) is 3.54. The Morgan fingerprint density at radius 2 is 1.97 bits per heavy atom. The molecular formula is C23H27FN2O3. The van der Waals surface area contributed by atoms with Gasteiger partial charge in [-0.2, -0.15) is 0 Å². The highest BCUT2D eigenvalue weighted by Gasteiger charge is 2.43. The third kappa shape index (κ3) is 4.14. The fourth-order valence-electron chi connectivity index (χ4n) is 4.51. The van der Waals surface area contributed by atoms with Gasteiger partial charge in [-0.25, -0.2) is 4.39 Å². The van der Waals surface area contributed by atoms with E-state index >= 15 is 0 Å². The molecular weight excluding hydrogens is 371 g/mol. The zero-order valence-electron chi connectivity index (χ0n) is 17.0. The topological polar surface area (TPSA) is 42.0 Å². The van der Waals surface area contributed by atoms with Crippen molar-refractivity contribution in [3.05, 3.63) is 59.4 Å². The van der Waals surface area contributed by atoms with E-state index in [0.717, 1.165) is 55.0 Å². The van der Waals surface area contributed by atoms with Crippen LogP contribution in [0.5, 0.6) is 5.75 Å². The maximum atomic E-state index is 13.3. The normalized spacial score (nSPS) is 22.9. The molecule has 6 heteroatoms. The average molecular weight is 398 g/mol. The molecule has 0 saturated carbocycles. The number of likely N-dealkylation sites (tertiary alicyclic amines) is 1. The van der Waals surface area contributed by atoms with Gasteiger partial charge in [0.1, 0.15) is 18.2 Å². The first-order valence-electron chi connectivity index (χ1n) is 10.0. The molecule has 0 radical (unpaired) electrons. The first kappa shape index (κ1) is 19.9. The quantitative estimate of drug-likeness (QED) is 0.790. The largest absolute Gasteiger partial charge is 0.496 e. The van der Waals surface area contributed by atoms with Gasteiger partial charge in [0.05, 0.1) is 19.3 Å². The Morgan fingerprint density at radius 1 is 1.17 bits per heavy atom. The molecule has 1 spiro atoms. The van der Waals surface area contributed by atoms with E-state index in [2.05, 4.69) is 30.0 Å². The molecule has 154 valence electrons. The second kappa shape index (κ2) is 8.13. The number of para-hydroxylation sites is 1. The van der Waals surface area contributed by atoms with Crippen LogP contribution in [-0.2, 0) is 16.1 Å².